The highest BCUT2D eigenvalue weighted by atomic mass is 16.5. The molecule has 0 spiro atoms. The first kappa shape index (κ1) is 12.5. The van der Waals surface area contributed by atoms with E-state index in [0.717, 1.165) is 33.9 Å². The minimum atomic E-state index is 0.801. The molecular formula is C17H15NO2. The fourth-order valence-electron chi connectivity index (χ4n) is 2.22. The van der Waals surface area contributed by atoms with E-state index in [4.69, 9.17) is 9.26 Å². The fourth-order valence-corrected chi connectivity index (χ4v) is 2.22. The van der Waals surface area contributed by atoms with Crippen LogP contribution < -0.4 is 4.74 Å². The number of aryl methyl sites for hydroxylation is 1. The van der Waals surface area contributed by atoms with E-state index in [1.807, 2.05) is 49.4 Å². The number of hydrogen-bond donors (Lipinski definition) is 0. The first-order valence-electron chi connectivity index (χ1n) is 6.45. The summed E-state index contributed by atoms with van der Waals surface area (Å²) in [5.74, 6) is 1.63. The Kier molecular flexibility index (Phi) is 3.25. The molecule has 100 valence electrons. The van der Waals surface area contributed by atoms with Crippen LogP contribution in [-0.4, -0.2) is 12.3 Å². The van der Waals surface area contributed by atoms with Gasteiger partial charge in [0.1, 0.15) is 17.2 Å². The molecule has 3 aromatic rings. The molecule has 3 nitrogen and oxygen atoms in total. The molecule has 0 aliphatic heterocycles. The smallest absolute Gasteiger partial charge is 0.134 e. The average Bonchev–Trinajstić information content (AvgIpc) is 2.94. The van der Waals surface area contributed by atoms with Crippen LogP contribution in [0.1, 0.15) is 5.76 Å². The summed E-state index contributed by atoms with van der Waals surface area (Å²) in [7, 11) is 1.67. The Bertz CT molecular complexity index is 717. The molecule has 3 heteroatoms. The third-order valence-electron chi connectivity index (χ3n) is 3.22. The van der Waals surface area contributed by atoms with Crippen LogP contribution in [0.25, 0.3) is 22.4 Å². The van der Waals surface area contributed by atoms with Gasteiger partial charge in [-0.2, -0.15) is 0 Å². The molecule has 0 saturated heterocycles. The standard InChI is InChI=1S/C17H15NO2/c1-12-10-17(18-20-12)15-9-8-14(19-2)11-16(15)13-6-4-3-5-7-13/h3-11H,1-2H3. The van der Waals surface area contributed by atoms with Gasteiger partial charge >= 0.3 is 0 Å². The van der Waals surface area contributed by atoms with Gasteiger partial charge in [-0.25, -0.2) is 0 Å². The van der Waals surface area contributed by atoms with Gasteiger partial charge in [0.25, 0.3) is 0 Å². The molecule has 0 aliphatic carbocycles. The Labute approximate surface area is 117 Å². The minimum Gasteiger partial charge on any atom is -0.497 e. The van der Waals surface area contributed by atoms with Crippen LogP contribution in [0.4, 0.5) is 0 Å². The minimum absolute atomic E-state index is 0.801. The molecule has 1 heterocycles. The van der Waals surface area contributed by atoms with Gasteiger partial charge in [0.05, 0.1) is 7.11 Å². The van der Waals surface area contributed by atoms with Gasteiger partial charge in [-0.05, 0) is 36.2 Å². The summed E-state index contributed by atoms with van der Waals surface area (Å²) in [5, 5.41) is 4.11. The van der Waals surface area contributed by atoms with Crippen LogP contribution in [-0.2, 0) is 0 Å². The van der Waals surface area contributed by atoms with Crippen LogP contribution in [0.5, 0.6) is 5.75 Å². The SMILES string of the molecule is COc1ccc(-c2cc(C)on2)c(-c2ccccc2)c1. The number of nitrogens with zero attached hydrogens (tertiary/aromatic N) is 1. The molecule has 2 aromatic carbocycles. The Morgan fingerprint density at radius 1 is 0.950 bits per heavy atom. The predicted octanol–water partition coefficient (Wildman–Crippen LogP) is 4.33. The molecule has 0 unspecified atom stereocenters. The maximum absolute atomic E-state index is 5.33. The number of methoxy groups -OCH3 is 1. The number of benzene rings is 2. The van der Waals surface area contributed by atoms with Crippen LogP contribution >= 0.6 is 0 Å². The van der Waals surface area contributed by atoms with Crippen molar-refractivity contribution in [2.24, 2.45) is 0 Å². The monoisotopic (exact) mass is 265 g/mol. The van der Waals surface area contributed by atoms with Crippen molar-refractivity contribution in [3.8, 4) is 28.1 Å². The van der Waals surface area contributed by atoms with Crippen molar-refractivity contribution in [2.45, 2.75) is 6.92 Å². The van der Waals surface area contributed by atoms with E-state index in [2.05, 4.69) is 17.3 Å². The van der Waals surface area contributed by atoms with Crippen molar-refractivity contribution in [3.63, 3.8) is 0 Å². The molecule has 0 atom stereocenters. The van der Waals surface area contributed by atoms with Crippen molar-refractivity contribution in [1.29, 1.82) is 0 Å². The summed E-state index contributed by atoms with van der Waals surface area (Å²) in [6, 6.07) is 18.1. The number of hydrogen-bond acceptors (Lipinski definition) is 3. The van der Waals surface area contributed by atoms with Crippen molar-refractivity contribution in [1.82, 2.24) is 5.16 Å². The summed E-state index contributed by atoms with van der Waals surface area (Å²) in [4.78, 5) is 0. The fraction of sp³-hybridized carbons (Fsp3) is 0.118. The van der Waals surface area contributed by atoms with Crippen LogP contribution in [0.3, 0.4) is 0 Å². The highest BCUT2D eigenvalue weighted by Crippen LogP contribution is 2.34. The van der Waals surface area contributed by atoms with E-state index in [0.29, 0.717) is 0 Å². The molecule has 0 amide bonds. The first-order valence-corrected chi connectivity index (χ1v) is 6.45. The molecular weight excluding hydrogens is 250 g/mol. The van der Waals surface area contributed by atoms with Crippen molar-refractivity contribution < 1.29 is 9.26 Å². The average molecular weight is 265 g/mol. The summed E-state index contributed by atoms with van der Waals surface area (Å²) in [6.07, 6.45) is 0. The zero-order chi connectivity index (χ0) is 13.9. The van der Waals surface area contributed by atoms with E-state index in [1.54, 1.807) is 7.11 Å². The lowest BCUT2D eigenvalue weighted by molar-refractivity contribution is 0.399. The van der Waals surface area contributed by atoms with Gasteiger partial charge in [0.15, 0.2) is 0 Å². The second kappa shape index (κ2) is 5.21. The highest BCUT2D eigenvalue weighted by Gasteiger charge is 2.12. The van der Waals surface area contributed by atoms with Gasteiger partial charge in [0, 0.05) is 11.6 Å². The lowest BCUT2D eigenvalue weighted by Crippen LogP contribution is -1.88. The normalized spacial score (nSPS) is 10.5. The summed E-state index contributed by atoms with van der Waals surface area (Å²) in [5.41, 5.74) is 4.08. The Hall–Kier alpha value is -2.55. The van der Waals surface area contributed by atoms with E-state index < -0.39 is 0 Å². The van der Waals surface area contributed by atoms with Gasteiger partial charge in [-0.3, -0.25) is 0 Å². The molecule has 1 aromatic heterocycles. The molecule has 0 bridgehead atoms. The maximum Gasteiger partial charge on any atom is 0.134 e. The largest absolute Gasteiger partial charge is 0.497 e. The van der Waals surface area contributed by atoms with Gasteiger partial charge in [-0.1, -0.05) is 35.5 Å². The predicted molar refractivity (Wildman–Crippen MR) is 78.7 cm³/mol. The first-order chi connectivity index (χ1) is 9.78. The number of rotatable bonds is 3. The molecule has 0 N–H and O–H groups in total. The van der Waals surface area contributed by atoms with Gasteiger partial charge < -0.3 is 9.26 Å². The highest BCUT2D eigenvalue weighted by molar-refractivity contribution is 5.82. The van der Waals surface area contributed by atoms with Crippen molar-refractivity contribution in [3.05, 3.63) is 60.4 Å². The van der Waals surface area contributed by atoms with Crippen LogP contribution in [0, 0.1) is 6.92 Å². The lowest BCUT2D eigenvalue weighted by atomic mass is 9.97. The third kappa shape index (κ3) is 2.30. The second-order valence-corrected chi connectivity index (χ2v) is 4.60. The summed E-state index contributed by atoms with van der Waals surface area (Å²) >= 11 is 0. The van der Waals surface area contributed by atoms with Gasteiger partial charge in [0.2, 0.25) is 0 Å². The number of aromatic nitrogens is 1. The van der Waals surface area contributed by atoms with E-state index in [-0.39, 0.29) is 0 Å². The Morgan fingerprint density at radius 2 is 1.75 bits per heavy atom. The summed E-state index contributed by atoms with van der Waals surface area (Å²) in [6.45, 7) is 1.89. The van der Waals surface area contributed by atoms with E-state index in [9.17, 15) is 0 Å². The quantitative estimate of drug-likeness (QED) is 0.707. The third-order valence-corrected chi connectivity index (χ3v) is 3.22. The maximum atomic E-state index is 5.33. The zero-order valence-corrected chi connectivity index (χ0v) is 11.5. The molecule has 0 fully saturated rings. The van der Waals surface area contributed by atoms with E-state index >= 15 is 0 Å². The summed E-state index contributed by atoms with van der Waals surface area (Å²) < 4.78 is 10.5. The van der Waals surface area contributed by atoms with E-state index in [1.165, 1.54) is 0 Å². The topological polar surface area (TPSA) is 35.3 Å². The van der Waals surface area contributed by atoms with Crippen LogP contribution in [0.2, 0.25) is 0 Å². The van der Waals surface area contributed by atoms with Crippen molar-refractivity contribution in [2.75, 3.05) is 7.11 Å². The number of ether oxygens (including phenoxy) is 1. The van der Waals surface area contributed by atoms with Crippen LogP contribution in [0.15, 0.2) is 59.1 Å². The van der Waals surface area contributed by atoms with Gasteiger partial charge in [-0.15, -0.1) is 0 Å². The second-order valence-electron chi connectivity index (χ2n) is 4.60. The molecule has 3 rings (SSSR count). The molecule has 0 aliphatic rings. The molecule has 0 radical (unpaired) electrons. The van der Waals surface area contributed by atoms with Crippen molar-refractivity contribution >= 4 is 0 Å². The molecule has 0 saturated carbocycles. The molecule has 20 heavy (non-hydrogen) atoms. The zero-order valence-electron chi connectivity index (χ0n) is 11.5. The lowest BCUT2D eigenvalue weighted by Gasteiger charge is -2.09. The Balaban J connectivity index is 2.19. The Morgan fingerprint density at radius 3 is 2.40 bits per heavy atom.